The molecule has 2 aromatic heterocycles. The Morgan fingerprint density at radius 3 is 2.54 bits per heavy atom. The third-order valence-electron chi connectivity index (χ3n) is 3.77. The van der Waals surface area contributed by atoms with Crippen molar-refractivity contribution in [3.8, 4) is 0 Å². The van der Waals surface area contributed by atoms with Crippen molar-refractivity contribution in [1.82, 2.24) is 23.5 Å². The number of carbonyl (C=O) groups excluding carboxylic acids is 1. The second-order valence-electron chi connectivity index (χ2n) is 5.86. The fourth-order valence-corrected chi connectivity index (χ4v) is 3.01. The molecule has 0 bridgehead atoms. The predicted octanol–water partition coefficient (Wildman–Crippen LogP) is 2.18. The number of nitrogens with zero attached hydrogens (tertiary/aromatic N) is 5. The van der Waals surface area contributed by atoms with E-state index in [0.717, 1.165) is 28.7 Å². The maximum Gasteiger partial charge on any atom is 0.236 e. The fraction of sp³-hybridized carbons (Fsp3) is 0.294. The number of aromatic nitrogens is 3. The molecule has 2 heterocycles. The van der Waals surface area contributed by atoms with Crippen molar-refractivity contribution >= 4 is 28.7 Å². The Morgan fingerprint density at radius 1 is 1.00 bits per heavy atom. The third kappa shape index (κ3) is 4.12. The molecular formula is C17H19N5OS. The number of hydrogen-bond donors (Lipinski definition) is 0. The van der Waals surface area contributed by atoms with E-state index in [1.807, 2.05) is 49.3 Å². The van der Waals surface area contributed by atoms with Crippen LogP contribution < -0.4 is 0 Å². The summed E-state index contributed by atoms with van der Waals surface area (Å²) in [4.78, 5) is 20.2. The fourth-order valence-electron chi connectivity index (χ4n) is 2.50. The highest BCUT2D eigenvalue weighted by Gasteiger charge is 2.13. The van der Waals surface area contributed by atoms with Crippen LogP contribution in [0.3, 0.4) is 0 Å². The Bertz CT molecular complexity index is 820. The molecule has 3 aromatic rings. The molecule has 124 valence electrons. The van der Waals surface area contributed by atoms with Crippen LogP contribution in [0, 0.1) is 0 Å². The topological polar surface area (TPSA) is 62.2 Å². The van der Waals surface area contributed by atoms with Gasteiger partial charge in [0.15, 0.2) is 0 Å². The second kappa shape index (κ2) is 7.46. The molecule has 0 atom stereocenters. The average Bonchev–Trinajstić information content (AvgIpc) is 3.03. The number of amides is 1. The van der Waals surface area contributed by atoms with Crippen LogP contribution in [-0.4, -0.2) is 50.1 Å². The summed E-state index contributed by atoms with van der Waals surface area (Å²) in [5.74, 6) is 0.0862. The number of likely N-dealkylation sites (N-methyl/N-ethyl adjacent to an activating group) is 2. The summed E-state index contributed by atoms with van der Waals surface area (Å²) < 4.78 is 8.43. The van der Waals surface area contributed by atoms with Gasteiger partial charge in [0.1, 0.15) is 11.0 Å². The van der Waals surface area contributed by atoms with Gasteiger partial charge in [0.25, 0.3) is 0 Å². The Balaban J connectivity index is 1.55. The van der Waals surface area contributed by atoms with Crippen LogP contribution in [0.4, 0.5) is 0 Å². The van der Waals surface area contributed by atoms with Crippen molar-refractivity contribution in [2.75, 3.05) is 20.6 Å². The zero-order valence-corrected chi connectivity index (χ0v) is 14.5. The average molecular weight is 341 g/mol. The van der Waals surface area contributed by atoms with Crippen LogP contribution in [0.25, 0.3) is 11.0 Å². The van der Waals surface area contributed by atoms with Crippen molar-refractivity contribution in [2.24, 2.45) is 0 Å². The van der Waals surface area contributed by atoms with Gasteiger partial charge in [-0.25, -0.2) is 0 Å². The number of pyridine rings is 1. The molecule has 0 aliphatic heterocycles. The van der Waals surface area contributed by atoms with E-state index in [1.54, 1.807) is 17.3 Å². The Labute approximate surface area is 145 Å². The first-order valence-corrected chi connectivity index (χ1v) is 8.37. The van der Waals surface area contributed by atoms with E-state index in [4.69, 9.17) is 0 Å². The van der Waals surface area contributed by atoms with Gasteiger partial charge in [0.2, 0.25) is 5.91 Å². The zero-order chi connectivity index (χ0) is 16.9. The van der Waals surface area contributed by atoms with E-state index < -0.39 is 0 Å². The summed E-state index contributed by atoms with van der Waals surface area (Å²) in [6.07, 6.45) is 3.53. The van der Waals surface area contributed by atoms with Crippen LogP contribution in [0.5, 0.6) is 0 Å². The molecular weight excluding hydrogens is 322 g/mol. The molecule has 7 heteroatoms. The third-order valence-corrected chi connectivity index (χ3v) is 4.33. The lowest BCUT2D eigenvalue weighted by Gasteiger charge is -2.22. The summed E-state index contributed by atoms with van der Waals surface area (Å²) in [5.41, 5.74) is 3.98. The lowest BCUT2D eigenvalue weighted by molar-refractivity contribution is -0.131. The van der Waals surface area contributed by atoms with Crippen LogP contribution in [-0.2, 0) is 17.9 Å². The SMILES string of the molecule is CN(CC(=O)N(C)Cc1ccc2nsnc2c1)Cc1ccncc1. The summed E-state index contributed by atoms with van der Waals surface area (Å²) >= 11 is 1.20. The van der Waals surface area contributed by atoms with Crippen molar-refractivity contribution in [2.45, 2.75) is 13.1 Å². The number of rotatable bonds is 6. The zero-order valence-electron chi connectivity index (χ0n) is 13.7. The van der Waals surface area contributed by atoms with Crippen LogP contribution in [0.1, 0.15) is 11.1 Å². The standard InChI is InChI=1S/C17H19N5OS/c1-21(10-13-5-7-18-8-6-13)12-17(23)22(2)11-14-3-4-15-16(9-14)20-24-19-15/h3-9H,10-12H2,1-2H3. The van der Waals surface area contributed by atoms with E-state index in [9.17, 15) is 4.79 Å². The quantitative estimate of drug-likeness (QED) is 0.688. The van der Waals surface area contributed by atoms with Crippen LogP contribution >= 0.6 is 11.7 Å². The monoisotopic (exact) mass is 341 g/mol. The molecule has 0 N–H and O–H groups in total. The summed E-state index contributed by atoms with van der Waals surface area (Å²) in [6, 6.07) is 9.85. The highest BCUT2D eigenvalue weighted by molar-refractivity contribution is 7.00. The lowest BCUT2D eigenvalue weighted by atomic mass is 10.2. The largest absolute Gasteiger partial charge is 0.340 e. The van der Waals surface area contributed by atoms with Gasteiger partial charge in [-0.05, 0) is 42.4 Å². The van der Waals surface area contributed by atoms with Gasteiger partial charge in [0.05, 0.1) is 18.3 Å². The van der Waals surface area contributed by atoms with Gasteiger partial charge in [-0.15, -0.1) is 0 Å². The number of carbonyl (C=O) groups is 1. The van der Waals surface area contributed by atoms with Gasteiger partial charge in [0, 0.05) is 32.5 Å². The van der Waals surface area contributed by atoms with E-state index in [1.165, 1.54) is 11.7 Å². The normalized spacial score (nSPS) is 11.1. The van der Waals surface area contributed by atoms with Crippen molar-refractivity contribution < 1.29 is 4.79 Å². The first kappa shape index (κ1) is 16.5. The highest BCUT2D eigenvalue weighted by Crippen LogP contribution is 2.14. The molecule has 0 saturated heterocycles. The van der Waals surface area contributed by atoms with E-state index >= 15 is 0 Å². The van der Waals surface area contributed by atoms with Gasteiger partial charge < -0.3 is 4.90 Å². The lowest BCUT2D eigenvalue weighted by Crippen LogP contribution is -2.36. The summed E-state index contributed by atoms with van der Waals surface area (Å²) in [6.45, 7) is 1.66. The number of fused-ring (bicyclic) bond motifs is 1. The second-order valence-corrected chi connectivity index (χ2v) is 6.39. The molecule has 0 radical (unpaired) electrons. The molecule has 1 aromatic carbocycles. The number of benzene rings is 1. The van der Waals surface area contributed by atoms with Crippen molar-refractivity contribution in [1.29, 1.82) is 0 Å². The molecule has 24 heavy (non-hydrogen) atoms. The number of hydrogen-bond acceptors (Lipinski definition) is 6. The van der Waals surface area contributed by atoms with Crippen LogP contribution in [0.2, 0.25) is 0 Å². The molecule has 0 spiro atoms. The molecule has 0 aliphatic carbocycles. The first-order chi connectivity index (χ1) is 11.6. The Kier molecular flexibility index (Phi) is 5.12. The molecule has 0 unspecified atom stereocenters. The minimum Gasteiger partial charge on any atom is -0.340 e. The maximum absolute atomic E-state index is 12.4. The van der Waals surface area contributed by atoms with Gasteiger partial charge >= 0.3 is 0 Å². The minimum absolute atomic E-state index is 0.0862. The molecule has 3 rings (SSSR count). The Hall–Kier alpha value is -2.38. The molecule has 6 nitrogen and oxygen atoms in total. The highest BCUT2D eigenvalue weighted by atomic mass is 32.1. The minimum atomic E-state index is 0.0862. The van der Waals surface area contributed by atoms with E-state index in [2.05, 4.69) is 13.7 Å². The van der Waals surface area contributed by atoms with Gasteiger partial charge in [-0.3, -0.25) is 14.7 Å². The first-order valence-electron chi connectivity index (χ1n) is 7.64. The molecule has 1 amide bonds. The predicted molar refractivity (Wildman–Crippen MR) is 94.5 cm³/mol. The summed E-state index contributed by atoms with van der Waals surface area (Å²) in [5, 5.41) is 0. The maximum atomic E-state index is 12.4. The smallest absolute Gasteiger partial charge is 0.236 e. The van der Waals surface area contributed by atoms with E-state index in [-0.39, 0.29) is 5.91 Å². The summed E-state index contributed by atoms with van der Waals surface area (Å²) in [7, 11) is 3.77. The van der Waals surface area contributed by atoms with Crippen molar-refractivity contribution in [3.05, 3.63) is 53.9 Å². The molecule has 0 saturated carbocycles. The van der Waals surface area contributed by atoms with Crippen LogP contribution in [0.15, 0.2) is 42.7 Å². The van der Waals surface area contributed by atoms with Gasteiger partial charge in [-0.2, -0.15) is 8.75 Å². The van der Waals surface area contributed by atoms with E-state index in [0.29, 0.717) is 13.1 Å². The molecule has 0 aliphatic rings. The van der Waals surface area contributed by atoms with Crippen molar-refractivity contribution in [3.63, 3.8) is 0 Å². The molecule has 0 fully saturated rings. The van der Waals surface area contributed by atoms with Gasteiger partial charge in [-0.1, -0.05) is 6.07 Å². The Morgan fingerprint density at radius 2 is 1.75 bits per heavy atom.